The summed E-state index contributed by atoms with van der Waals surface area (Å²) in [6.07, 6.45) is 0.418. The maximum atomic E-state index is 12.3. The summed E-state index contributed by atoms with van der Waals surface area (Å²) in [6.45, 7) is 1.79. The predicted molar refractivity (Wildman–Crippen MR) is 100 cm³/mol. The van der Waals surface area contributed by atoms with Gasteiger partial charge < -0.3 is 5.32 Å². The van der Waals surface area contributed by atoms with Crippen LogP contribution in [0.15, 0.2) is 46.9 Å². The lowest BCUT2D eigenvalue weighted by Gasteiger charge is -2.04. The molecule has 2 aromatic heterocycles. The molecule has 6 nitrogen and oxygen atoms in total. The molecule has 128 valence electrons. The largest absolute Gasteiger partial charge is 0.326 e. The zero-order chi connectivity index (χ0) is 17.6. The second kappa shape index (κ2) is 8.09. The molecule has 0 aliphatic heterocycles. The zero-order valence-corrected chi connectivity index (χ0v) is 15.1. The highest BCUT2D eigenvalue weighted by Crippen LogP contribution is 2.23. The summed E-state index contributed by atoms with van der Waals surface area (Å²) in [5.74, 6) is 0.894. The van der Waals surface area contributed by atoms with Crippen LogP contribution in [0.3, 0.4) is 0 Å². The molecule has 1 aromatic carbocycles. The Morgan fingerprint density at radius 2 is 2.04 bits per heavy atom. The number of ketones is 1. The molecule has 0 saturated heterocycles. The van der Waals surface area contributed by atoms with Gasteiger partial charge in [0.1, 0.15) is 0 Å². The fourth-order valence-electron chi connectivity index (χ4n) is 2.04. The highest BCUT2D eigenvalue weighted by atomic mass is 32.2. The van der Waals surface area contributed by atoms with E-state index < -0.39 is 0 Å². The summed E-state index contributed by atoms with van der Waals surface area (Å²) in [7, 11) is 0. The van der Waals surface area contributed by atoms with Crippen molar-refractivity contribution in [3.63, 3.8) is 0 Å². The molecule has 0 bridgehead atoms. The third-order valence-corrected chi connectivity index (χ3v) is 5.09. The van der Waals surface area contributed by atoms with Crippen molar-refractivity contribution in [2.24, 2.45) is 0 Å². The van der Waals surface area contributed by atoms with E-state index in [-0.39, 0.29) is 17.4 Å². The molecule has 0 saturated carbocycles. The van der Waals surface area contributed by atoms with E-state index in [1.54, 1.807) is 42.5 Å². The van der Waals surface area contributed by atoms with Crippen LogP contribution in [0.4, 0.5) is 5.69 Å². The topological polar surface area (TPSA) is 87.7 Å². The number of hydrogen-bond acceptors (Lipinski definition) is 6. The Balaban J connectivity index is 1.56. The van der Waals surface area contributed by atoms with Gasteiger partial charge in [-0.2, -0.15) is 0 Å². The first-order valence-corrected chi connectivity index (χ1v) is 9.54. The molecule has 3 aromatic rings. The van der Waals surface area contributed by atoms with E-state index >= 15 is 0 Å². The number of benzene rings is 1. The molecule has 0 atom stereocenters. The Hall–Kier alpha value is -2.45. The standard InChI is InChI=1S/C17H16N4O2S2/c1-2-15(23)18-12-7-5-11(6-8-12)13(22)10-25-17-19-16(20-21-17)14-4-3-9-24-14/h3-9H,2,10H2,1H3,(H,18,23)(H,19,20,21). The van der Waals surface area contributed by atoms with Gasteiger partial charge in [-0.25, -0.2) is 4.98 Å². The molecule has 1 amide bonds. The molecule has 8 heteroatoms. The molecule has 0 spiro atoms. The number of thiophene rings is 1. The molecule has 0 radical (unpaired) electrons. The van der Waals surface area contributed by atoms with Crippen molar-refractivity contribution in [3.05, 3.63) is 47.3 Å². The number of hydrogen-bond donors (Lipinski definition) is 2. The van der Waals surface area contributed by atoms with E-state index in [4.69, 9.17) is 0 Å². The number of anilines is 1. The highest BCUT2D eigenvalue weighted by molar-refractivity contribution is 7.99. The third kappa shape index (κ3) is 4.55. The van der Waals surface area contributed by atoms with Crippen LogP contribution in [0.2, 0.25) is 0 Å². The number of nitrogens with one attached hydrogen (secondary N) is 2. The lowest BCUT2D eigenvalue weighted by atomic mass is 10.1. The molecule has 25 heavy (non-hydrogen) atoms. The number of nitrogens with zero attached hydrogens (tertiary/aromatic N) is 2. The maximum Gasteiger partial charge on any atom is 0.224 e. The second-order valence-electron chi connectivity index (χ2n) is 5.13. The van der Waals surface area contributed by atoms with Crippen molar-refractivity contribution in [2.75, 3.05) is 11.1 Å². The zero-order valence-electron chi connectivity index (χ0n) is 13.5. The molecule has 2 heterocycles. The van der Waals surface area contributed by atoms with Crippen LogP contribution in [-0.4, -0.2) is 32.6 Å². The van der Waals surface area contributed by atoms with Crippen molar-refractivity contribution >= 4 is 40.5 Å². The van der Waals surface area contributed by atoms with Gasteiger partial charge in [-0.15, -0.1) is 16.4 Å². The number of H-pyrrole nitrogens is 1. The molecule has 3 rings (SSSR count). The van der Waals surface area contributed by atoms with E-state index in [0.717, 1.165) is 4.88 Å². The van der Waals surface area contributed by atoms with Crippen LogP contribution >= 0.6 is 23.1 Å². The van der Waals surface area contributed by atoms with E-state index in [9.17, 15) is 9.59 Å². The fourth-order valence-corrected chi connectivity index (χ4v) is 3.39. The van der Waals surface area contributed by atoms with Gasteiger partial charge >= 0.3 is 0 Å². The van der Waals surface area contributed by atoms with Crippen LogP contribution in [0.5, 0.6) is 0 Å². The molecule has 0 aliphatic carbocycles. The Labute approximate surface area is 153 Å². The van der Waals surface area contributed by atoms with Crippen LogP contribution in [0, 0.1) is 0 Å². The molecule has 0 fully saturated rings. The second-order valence-corrected chi connectivity index (χ2v) is 7.03. The van der Waals surface area contributed by atoms with Crippen molar-refractivity contribution in [2.45, 2.75) is 18.5 Å². The van der Waals surface area contributed by atoms with Crippen molar-refractivity contribution in [1.29, 1.82) is 0 Å². The number of carbonyl (C=O) groups excluding carboxylic acids is 2. The number of amides is 1. The number of aromatic amines is 1. The van der Waals surface area contributed by atoms with Crippen molar-refractivity contribution in [1.82, 2.24) is 15.2 Å². The summed E-state index contributed by atoms with van der Waals surface area (Å²) >= 11 is 2.87. The van der Waals surface area contributed by atoms with Crippen molar-refractivity contribution in [3.8, 4) is 10.7 Å². The number of aromatic nitrogens is 3. The first-order valence-electron chi connectivity index (χ1n) is 7.68. The average molecular weight is 372 g/mol. The summed E-state index contributed by atoms with van der Waals surface area (Å²) in [5.41, 5.74) is 1.28. The van der Waals surface area contributed by atoms with E-state index in [1.807, 2.05) is 17.5 Å². The van der Waals surface area contributed by atoms with Crippen molar-refractivity contribution < 1.29 is 9.59 Å². The SMILES string of the molecule is CCC(=O)Nc1ccc(C(=O)CSc2n[nH]c(-c3cccs3)n2)cc1. The summed E-state index contributed by atoms with van der Waals surface area (Å²) in [4.78, 5) is 29.0. The fraction of sp³-hybridized carbons (Fsp3) is 0.176. The van der Waals surface area contributed by atoms with Crippen LogP contribution in [0.25, 0.3) is 10.7 Å². The lowest BCUT2D eigenvalue weighted by Crippen LogP contribution is -2.09. The first-order chi connectivity index (χ1) is 12.2. The smallest absolute Gasteiger partial charge is 0.224 e. The number of rotatable bonds is 7. The predicted octanol–water partition coefficient (Wildman–Crippen LogP) is 3.86. The Morgan fingerprint density at radius 1 is 1.24 bits per heavy atom. The minimum Gasteiger partial charge on any atom is -0.326 e. The summed E-state index contributed by atoms with van der Waals surface area (Å²) < 4.78 is 0. The Morgan fingerprint density at radius 3 is 2.72 bits per heavy atom. The van der Waals surface area contributed by atoms with Gasteiger partial charge in [0.2, 0.25) is 11.1 Å². The molecular formula is C17H16N4O2S2. The minimum atomic E-state index is -0.0548. The number of thioether (sulfide) groups is 1. The third-order valence-electron chi connectivity index (χ3n) is 3.36. The monoisotopic (exact) mass is 372 g/mol. The van der Waals surface area contributed by atoms with Gasteiger partial charge in [0.25, 0.3) is 0 Å². The lowest BCUT2D eigenvalue weighted by molar-refractivity contribution is -0.115. The van der Waals surface area contributed by atoms with Gasteiger partial charge in [0, 0.05) is 17.7 Å². The van der Waals surface area contributed by atoms with Gasteiger partial charge in [-0.1, -0.05) is 24.8 Å². The van der Waals surface area contributed by atoms with E-state index in [0.29, 0.717) is 28.7 Å². The van der Waals surface area contributed by atoms with Gasteiger partial charge in [0.05, 0.1) is 10.6 Å². The summed E-state index contributed by atoms with van der Waals surface area (Å²) in [5, 5.41) is 12.3. The van der Waals surface area contributed by atoms with Gasteiger partial charge in [-0.05, 0) is 35.7 Å². The minimum absolute atomic E-state index is 0.0131. The molecular weight excluding hydrogens is 356 g/mol. The summed E-state index contributed by atoms with van der Waals surface area (Å²) in [6, 6.07) is 10.8. The normalized spacial score (nSPS) is 10.6. The van der Waals surface area contributed by atoms with Gasteiger partial charge in [0.15, 0.2) is 11.6 Å². The average Bonchev–Trinajstić information content (AvgIpc) is 3.31. The quantitative estimate of drug-likeness (QED) is 0.486. The molecule has 2 N–H and O–H groups in total. The van der Waals surface area contributed by atoms with Crippen LogP contribution in [0.1, 0.15) is 23.7 Å². The van der Waals surface area contributed by atoms with E-state index in [2.05, 4.69) is 20.5 Å². The number of carbonyl (C=O) groups is 2. The number of Topliss-reactive ketones (excluding diaryl/α,β-unsaturated/α-hetero) is 1. The van der Waals surface area contributed by atoms with E-state index in [1.165, 1.54) is 11.8 Å². The Bertz CT molecular complexity index is 857. The Kier molecular flexibility index (Phi) is 5.62. The highest BCUT2D eigenvalue weighted by Gasteiger charge is 2.11. The first kappa shape index (κ1) is 17.4. The van der Waals surface area contributed by atoms with Crippen LogP contribution < -0.4 is 5.32 Å². The molecule has 0 aliphatic rings. The van der Waals surface area contributed by atoms with Crippen LogP contribution in [-0.2, 0) is 4.79 Å². The molecule has 0 unspecified atom stereocenters. The van der Waals surface area contributed by atoms with Gasteiger partial charge in [-0.3, -0.25) is 14.7 Å². The maximum absolute atomic E-state index is 12.3.